The highest BCUT2D eigenvalue weighted by Gasteiger charge is 2.26. The normalized spacial score (nSPS) is 16.9. The number of nitrogens with zero attached hydrogens (tertiary/aromatic N) is 2. The number of cyclic esters (lactones) is 1. The second-order valence-electron chi connectivity index (χ2n) is 5.83. The van der Waals surface area contributed by atoms with E-state index in [4.69, 9.17) is 21.1 Å². The Balaban J connectivity index is 1.65. The van der Waals surface area contributed by atoms with E-state index in [2.05, 4.69) is 4.99 Å². The average molecular weight is 383 g/mol. The molecule has 2 aromatic carbocycles. The van der Waals surface area contributed by atoms with Gasteiger partial charge in [0.1, 0.15) is 12.4 Å². The topological polar surface area (TPSA) is 91.0 Å². The molecule has 0 saturated heterocycles. The number of aliphatic imine (C=N–C) groups is 1. The van der Waals surface area contributed by atoms with E-state index in [1.807, 2.05) is 6.08 Å². The molecule has 4 rings (SSSR count). The third-order valence-corrected chi connectivity index (χ3v) is 4.19. The molecule has 7 nitrogen and oxygen atoms in total. The molecule has 134 valence electrons. The number of non-ortho nitro benzene ring substituents is 1. The predicted molar refractivity (Wildman–Crippen MR) is 98.7 cm³/mol. The summed E-state index contributed by atoms with van der Waals surface area (Å²) in [6, 6.07) is 11.0. The van der Waals surface area contributed by atoms with Crippen molar-refractivity contribution in [3.05, 3.63) is 86.1 Å². The summed E-state index contributed by atoms with van der Waals surface area (Å²) < 4.78 is 10.8. The number of nitro groups is 1. The Morgan fingerprint density at radius 2 is 2.07 bits per heavy atom. The van der Waals surface area contributed by atoms with Gasteiger partial charge in [0, 0.05) is 28.3 Å². The maximum absolute atomic E-state index is 12.1. The molecule has 0 aliphatic carbocycles. The number of benzene rings is 2. The Bertz CT molecular complexity index is 1070. The molecule has 0 bridgehead atoms. The van der Waals surface area contributed by atoms with Crippen LogP contribution in [-0.2, 0) is 9.53 Å². The third kappa shape index (κ3) is 3.45. The maximum Gasteiger partial charge on any atom is 0.363 e. The molecule has 0 fully saturated rings. The number of carbonyl (C=O) groups excluding carboxylic acids is 1. The highest BCUT2D eigenvalue weighted by Crippen LogP contribution is 2.30. The van der Waals surface area contributed by atoms with E-state index in [1.54, 1.807) is 30.3 Å². The standard InChI is InChI=1S/C19H11ClN2O5/c20-14-4-5-17-13(8-14)6-11(10-26-17)7-16-19(23)27-18(21-16)12-2-1-3-15(9-12)22(24)25/h1-9H,10H2. The minimum atomic E-state index is -0.630. The molecule has 0 spiro atoms. The van der Waals surface area contributed by atoms with Crippen LogP contribution in [0, 0.1) is 10.1 Å². The summed E-state index contributed by atoms with van der Waals surface area (Å²) in [5.74, 6) is 0.0985. The Labute approximate surface area is 158 Å². The monoisotopic (exact) mass is 382 g/mol. The minimum absolute atomic E-state index is 0.0238. The second-order valence-corrected chi connectivity index (χ2v) is 6.27. The lowest BCUT2D eigenvalue weighted by Gasteiger charge is -2.16. The van der Waals surface area contributed by atoms with E-state index in [0.717, 1.165) is 11.1 Å². The number of carbonyl (C=O) groups is 1. The van der Waals surface area contributed by atoms with Crippen molar-refractivity contribution >= 4 is 35.2 Å². The van der Waals surface area contributed by atoms with Crippen molar-refractivity contribution in [1.82, 2.24) is 0 Å². The molecule has 0 unspecified atom stereocenters. The number of ether oxygens (including phenoxy) is 2. The number of fused-ring (bicyclic) bond motifs is 1. The number of halogens is 1. The summed E-state index contributed by atoms with van der Waals surface area (Å²) in [4.78, 5) is 26.7. The Kier molecular flexibility index (Phi) is 4.21. The van der Waals surface area contributed by atoms with E-state index in [9.17, 15) is 14.9 Å². The summed E-state index contributed by atoms with van der Waals surface area (Å²) in [5.41, 5.74) is 1.86. The average Bonchev–Trinajstić information content (AvgIpc) is 3.02. The maximum atomic E-state index is 12.1. The van der Waals surface area contributed by atoms with Gasteiger partial charge >= 0.3 is 5.97 Å². The first-order chi connectivity index (χ1) is 13.0. The van der Waals surface area contributed by atoms with Crippen LogP contribution in [0.3, 0.4) is 0 Å². The van der Waals surface area contributed by atoms with Crippen LogP contribution in [0.2, 0.25) is 5.02 Å². The van der Waals surface area contributed by atoms with Crippen molar-refractivity contribution in [2.75, 3.05) is 6.61 Å². The molecule has 0 amide bonds. The molecule has 2 aliphatic heterocycles. The van der Waals surface area contributed by atoms with Crippen molar-refractivity contribution in [1.29, 1.82) is 0 Å². The van der Waals surface area contributed by atoms with Crippen LogP contribution in [0.4, 0.5) is 5.69 Å². The molecule has 0 saturated carbocycles. The molecule has 2 aliphatic rings. The van der Waals surface area contributed by atoms with Crippen LogP contribution in [0.15, 0.2) is 64.8 Å². The predicted octanol–water partition coefficient (Wildman–Crippen LogP) is 3.91. The summed E-state index contributed by atoms with van der Waals surface area (Å²) in [7, 11) is 0. The van der Waals surface area contributed by atoms with Gasteiger partial charge < -0.3 is 9.47 Å². The zero-order valence-corrected chi connectivity index (χ0v) is 14.5. The summed E-state index contributed by atoms with van der Waals surface area (Å²) in [5, 5.41) is 11.5. The third-order valence-electron chi connectivity index (χ3n) is 3.95. The van der Waals surface area contributed by atoms with Crippen LogP contribution < -0.4 is 4.74 Å². The van der Waals surface area contributed by atoms with Gasteiger partial charge in [0.2, 0.25) is 5.90 Å². The fraction of sp³-hybridized carbons (Fsp3) is 0.0526. The first kappa shape index (κ1) is 17.0. The highest BCUT2D eigenvalue weighted by atomic mass is 35.5. The quantitative estimate of drug-likeness (QED) is 0.347. The van der Waals surface area contributed by atoms with Gasteiger partial charge in [-0.3, -0.25) is 10.1 Å². The zero-order valence-electron chi connectivity index (χ0n) is 13.7. The van der Waals surface area contributed by atoms with Crippen LogP contribution >= 0.6 is 11.6 Å². The highest BCUT2D eigenvalue weighted by molar-refractivity contribution is 6.30. The second kappa shape index (κ2) is 6.69. The fourth-order valence-corrected chi connectivity index (χ4v) is 2.89. The van der Waals surface area contributed by atoms with Gasteiger partial charge in [0.05, 0.1) is 4.92 Å². The molecule has 0 N–H and O–H groups in total. The van der Waals surface area contributed by atoms with Crippen LogP contribution in [0.25, 0.3) is 6.08 Å². The molecule has 27 heavy (non-hydrogen) atoms. The molecular formula is C19H11ClN2O5. The molecule has 8 heteroatoms. The lowest BCUT2D eigenvalue weighted by atomic mass is 10.1. The van der Waals surface area contributed by atoms with Crippen molar-refractivity contribution in [2.24, 2.45) is 4.99 Å². The van der Waals surface area contributed by atoms with Gasteiger partial charge in [-0.25, -0.2) is 9.79 Å². The Hall–Kier alpha value is -3.45. The lowest BCUT2D eigenvalue weighted by molar-refractivity contribution is -0.384. The van der Waals surface area contributed by atoms with Crippen LogP contribution in [0.1, 0.15) is 11.1 Å². The van der Waals surface area contributed by atoms with Crippen molar-refractivity contribution in [2.45, 2.75) is 0 Å². The van der Waals surface area contributed by atoms with Gasteiger partial charge in [0.15, 0.2) is 5.70 Å². The van der Waals surface area contributed by atoms with Crippen LogP contribution in [-0.4, -0.2) is 23.4 Å². The smallest absolute Gasteiger partial charge is 0.363 e. The first-order valence-corrected chi connectivity index (χ1v) is 8.28. The number of hydrogen-bond acceptors (Lipinski definition) is 6. The van der Waals surface area contributed by atoms with Crippen molar-refractivity contribution < 1.29 is 19.2 Å². The number of nitro benzene ring substituents is 1. The number of hydrogen-bond donors (Lipinski definition) is 0. The van der Waals surface area contributed by atoms with E-state index in [1.165, 1.54) is 18.2 Å². The number of rotatable bonds is 3. The van der Waals surface area contributed by atoms with Gasteiger partial charge in [-0.1, -0.05) is 17.7 Å². The van der Waals surface area contributed by atoms with E-state index in [0.29, 0.717) is 16.3 Å². The lowest BCUT2D eigenvalue weighted by Crippen LogP contribution is -2.08. The molecular weight excluding hydrogens is 372 g/mol. The zero-order chi connectivity index (χ0) is 19.0. The minimum Gasteiger partial charge on any atom is -0.488 e. The largest absolute Gasteiger partial charge is 0.488 e. The summed E-state index contributed by atoms with van der Waals surface area (Å²) >= 11 is 6.00. The van der Waals surface area contributed by atoms with Crippen molar-refractivity contribution in [3.8, 4) is 5.75 Å². The molecule has 2 aromatic rings. The van der Waals surface area contributed by atoms with Gasteiger partial charge in [-0.05, 0) is 42.0 Å². The summed E-state index contributed by atoms with van der Waals surface area (Å²) in [6.07, 6.45) is 3.42. The van der Waals surface area contributed by atoms with E-state index in [-0.39, 0.29) is 23.9 Å². The van der Waals surface area contributed by atoms with Crippen LogP contribution in [0.5, 0.6) is 5.75 Å². The molecule has 2 heterocycles. The van der Waals surface area contributed by atoms with Gasteiger partial charge in [-0.15, -0.1) is 0 Å². The Morgan fingerprint density at radius 3 is 2.89 bits per heavy atom. The van der Waals surface area contributed by atoms with E-state index >= 15 is 0 Å². The fourth-order valence-electron chi connectivity index (χ4n) is 2.71. The van der Waals surface area contributed by atoms with Gasteiger partial charge in [0.25, 0.3) is 5.69 Å². The molecule has 0 radical (unpaired) electrons. The van der Waals surface area contributed by atoms with Crippen molar-refractivity contribution in [3.63, 3.8) is 0 Å². The van der Waals surface area contributed by atoms with E-state index < -0.39 is 10.9 Å². The SMILES string of the molecule is O=C1OC(c2cccc([N+](=O)[O-])c2)=NC1=CC1=Cc2cc(Cl)ccc2OC1. The summed E-state index contributed by atoms with van der Waals surface area (Å²) in [6.45, 7) is 0.271. The number of esters is 1. The Morgan fingerprint density at radius 1 is 1.22 bits per heavy atom. The first-order valence-electron chi connectivity index (χ1n) is 7.90. The van der Waals surface area contributed by atoms with Gasteiger partial charge in [-0.2, -0.15) is 0 Å². The molecule has 0 atom stereocenters. The molecule has 0 aromatic heterocycles.